The van der Waals surface area contributed by atoms with E-state index < -0.39 is 12.5 Å². The number of nitrogens with zero attached hydrogens (tertiary/aromatic N) is 2. The molecule has 7 nitrogen and oxygen atoms in total. The Balaban J connectivity index is 1.39. The zero-order chi connectivity index (χ0) is 21.3. The molecule has 2 aromatic rings. The third-order valence-electron chi connectivity index (χ3n) is 4.81. The van der Waals surface area contributed by atoms with Gasteiger partial charge in [0.2, 0.25) is 0 Å². The Kier molecular flexibility index (Phi) is 5.65. The minimum absolute atomic E-state index is 0.215. The summed E-state index contributed by atoms with van der Waals surface area (Å²) in [7, 11) is 0. The molecular formula is C19H18F3N3O4S. The van der Waals surface area contributed by atoms with Gasteiger partial charge in [0.1, 0.15) is 11.9 Å². The highest BCUT2D eigenvalue weighted by atomic mass is 32.1. The number of fused-ring (bicyclic) bond motifs is 1. The quantitative estimate of drug-likeness (QED) is 0.787. The van der Waals surface area contributed by atoms with Crippen LogP contribution in [0.2, 0.25) is 0 Å². The van der Waals surface area contributed by atoms with Crippen LogP contribution in [-0.2, 0) is 22.5 Å². The third kappa shape index (κ3) is 4.73. The first-order valence-corrected chi connectivity index (χ1v) is 10.2. The predicted molar refractivity (Wildman–Crippen MR) is 101 cm³/mol. The number of nitrogens with one attached hydrogen (secondary N) is 1. The number of carbonyl (C=O) groups excluding carboxylic acids is 2. The number of ether oxygens (including phenoxy) is 2. The Morgan fingerprint density at radius 3 is 2.70 bits per heavy atom. The average molecular weight is 441 g/mol. The minimum Gasteiger partial charge on any atom is -0.406 e. The first-order chi connectivity index (χ1) is 14.3. The predicted octanol–water partition coefficient (Wildman–Crippen LogP) is 3.36. The molecule has 2 aliphatic heterocycles. The Labute approximate surface area is 173 Å². The van der Waals surface area contributed by atoms with Gasteiger partial charge in [-0.1, -0.05) is 11.3 Å². The van der Waals surface area contributed by atoms with Gasteiger partial charge in [-0.3, -0.25) is 14.9 Å². The molecule has 3 heterocycles. The van der Waals surface area contributed by atoms with Crippen molar-refractivity contribution >= 4 is 28.3 Å². The molecule has 160 valence electrons. The van der Waals surface area contributed by atoms with E-state index in [1.165, 1.54) is 23.5 Å². The standard InChI is InChI=1S/C19H18F3N3O4S/c20-19(21,22)29-12-5-3-11(4-6-12)17(27)25-8-7-13-15(10-25)30-18(23-13)24-16(26)14-2-1-9-28-14/h3-6,14H,1-2,7-10H2,(H,23,24,26). The van der Waals surface area contributed by atoms with Crippen LogP contribution in [0.3, 0.4) is 0 Å². The fraction of sp³-hybridized carbons (Fsp3) is 0.421. The molecule has 0 spiro atoms. The monoisotopic (exact) mass is 441 g/mol. The number of benzene rings is 1. The molecular weight excluding hydrogens is 423 g/mol. The molecule has 0 radical (unpaired) electrons. The number of thiazole rings is 1. The lowest BCUT2D eigenvalue weighted by Gasteiger charge is -2.26. The average Bonchev–Trinajstić information content (AvgIpc) is 3.35. The fourth-order valence-corrected chi connectivity index (χ4v) is 4.40. The lowest BCUT2D eigenvalue weighted by atomic mass is 10.1. The topological polar surface area (TPSA) is 80.8 Å². The van der Waals surface area contributed by atoms with Crippen LogP contribution in [0, 0.1) is 0 Å². The molecule has 2 aliphatic rings. The molecule has 1 saturated heterocycles. The normalized spacial score (nSPS) is 18.8. The Morgan fingerprint density at radius 2 is 2.03 bits per heavy atom. The molecule has 30 heavy (non-hydrogen) atoms. The summed E-state index contributed by atoms with van der Waals surface area (Å²) < 4.78 is 46.0. The SMILES string of the molecule is O=C(Nc1nc2c(s1)CN(C(=O)c1ccc(OC(F)(F)F)cc1)CC2)C1CCCO1. The Morgan fingerprint density at radius 1 is 1.27 bits per heavy atom. The molecule has 1 atom stereocenters. The molecule has 1 unspecified atom stereocenters. The first-order valence-electron chi connectivity index (χ1n) is 9.34. The van der Waals surface area contributed by atoms with Crippen molar-refractivity contribution in [3.8, 4) is 5.75 Å². The molecule has 0 saturated carbocycles. The number of aromatic nitrogens is 1. The highest BCUT2D eigenvalue weighted by Crippen LogP contribution is 2.30. The second-order valence-corrected chi connectivity index (χ2v) is 8.01. The van der Waals surface area contributed by atoms with Crippen molar-refractivity contribution in [2.24, 2.45) is 0 Å². The molecule has 1 N–H and O–H groups in total. The molecule has 2 amide bonds. The van der Waals surface area contributed by atoms with Crippen molar-refractivity contribution in [3.05, 3.63) is 40.4 Å². The van der Waals surface area contributed by atoms with Gasteiger partial charge in [0.25, 0.3) is 11.8 Å². The molecule has 1 aromatic carbocycles. The van der Waals surface area contributed by atoms with Crippen LogP contribution in [0.25, 0.3) is 0 Å². The van der Waals surface area contributed by atoms with Gasteiger partial charge in [0, 0.05) is 30.0 Å². The summed E-state index contributed by atoms with van der Waals surface area (Å²) in [5.41, 5.74) is 1.10. The summed E-state index contributed by atoms with van der Waals surface area (Å²) in [4.78, 5) is 31.8. The lowest BCUT2D eigenvalue weighted by molar-refractivity contribution is -0.274. The van der Waals surface area contributed by atoms with Crippen molar-refractivity contribution in [1.29, 1.82) is 0 Å². The van der Waals surface area contributed by atoms with E-state index >= 15 is 0 Å². The number of carbonyl (C=O) groups is 2. The summed E-state index contributed by atoms with van der Waals surface area (Å²) in [6.07, 6.45) is -3.16. The molecule has 0 bridgehead atoms. The Bertz CT molecular complexity index is 939. The molecule has 1 fully saturated rings. The van der Waals surface area contributed by atoms with Crippen molar-refractivity contribution in [2.45, 2.75) is 38.3 Å². The minimum atomic E-state index is -4.78. The summed E-state index contributed by atoms with van der Waals surface area (Å²) in [5, 5.41) is 3.25. The van der Waals surface area contributed by atoms with E-state index in [-0.39, 0.29) is 23.1 Å². The van der Waals surface area contributed by atoms with E-state index in [2.05, 4.69) is 15.0 Å². The maximum atomic E-state index is 12.7. The van der Waals surface area contributed by atoms with Gasteiger partial charge in [-0.15, -0.1) is 13.2 Å². The highest BCUT2D eigenvalue weighted by molar-refractivity contribution is 7.15. The van der Waals surface area contributed by atoms with Crippen LogP contribution in [0.5, 0.6) is 5.75 Å². The number of hydrogen-bond acceptors (Lipinski definition) is 6. The number of halogens is 3. The fourth-order valence-electron chi connectivity index (χ4n) is 3.37. The van der Waals surface area contributed by atoms with Gasteiger partial charge in [-0.2, -0.15) is 0 Å². The molecule has 11 heteroatoms. The van der Waals surface area contributed by atoms with E-state index in [9.17, 15) is 22.8 Å². The van der Waals surface area contributed by atoms with E-state index in [4.69, 9.17) is 4.74 Å². The number of anilines is 1. The smallest absolute Gasteiger partial charge is 0.406 e. The van der Waals surface area contributed by atoms with E-state index in [0.29, 0.717) is 37.7 Å². The zero-order valence-corrected chi connectivity index (χ0v) is 16.5. The van der Waals surface area contributed by atoms with E-state index in [1.54, 1.807) is 4.90 Å². The van der Waals surface area contributed by atoms with Gasteiger partial charge in [0.15, 0.2) is 5.13 Å². The van der Waals surface area contributed by atoms with Crippen LogP contribution >= 0.6 is 11.3 Å². The van der Waals surface area contributed by atoms with Gasteiger partial charge >= 0.3 is 6.36 Å². The van der Waals surface area contributed by atoms with Gasteiger partial charge in [-0.05, 0) is 37.1 Å². The highest BCUT2D eigenvalue weighted by Gasteiger charge is 2.31. The second-order valence-electron chi connectivity index (χ2n) is 6.93. The molecule has 1 aromatic heterocycles. The lowest BCUT2D eigenvalue weighted by Crippen LogP contribution is -2.35. The van der Waals surface area contributed by atoms with E-state index in [0.717, 1.165) is 29.1 Å². The van der Waals surface area contributed by atoms with Gasteiger partial charge in [-0.25, -0.2) is 4.98 Å². The number of rotatable bonds is 4. The third-order valence-corrected chi connectivity index (χ3v) is 5.80. The number of amides is 2. The Hall–Kier alpha value is -2.66. The van der Waals surface area contributed by atoms with Crippen molar-refractivity contribution in [3.63, 3.8) is 0 Å². The van der Waals surface area contributed by atoms with Crippen molar-refractivity contribution in [1.82, 2.24) is 9.88 Å². The summed E-state index contributed by atoms with van der Waals surface area (Å²) >= 11 is 1.31. The maximum Gasteiger partial charge on any atom is 0.573 e. The van der Waals surface area contributed by atoms with Crippen LogP contribution < -0.4 is 10.1 Å². The van der Waals surface area contributed by atoms with Crippen LogP contribution in [0.4, 0.5) is 18.3 Å². The second kappa shape index (κ2) is 8.23. The largest absolute Gasteiger partial charge is 0.573 e. The molecule has 4 rings (SSSR count). The number of alkyl halides is 3. The van der Waals surface area contributed by atoms with Crippen LogP contribution in [0.15, 0.2) is 24.3 Å². The van der Waals surface area contributed by atoms with Crippen LogP contribution in [0.1, 0.15) is 33.8 Å². The number of hydrogen-bond donors (Lipinski definition) is 1. The van der Waals surface area contributed by atoms with E-state index in [1.807, 2.05) is 0 Å². The van der Waals surface area contributed by atoms with Crippen LogP contribution in [-0.4, -0.2) is 47.3 Å². The van der Waals surface area contributed by atoms with Crippen molar-refractivity contribution in [2.75, 3.05) is 18.5 Å². The molecule has 0 aliphatic carbocycles. The van der Waals surface area contributed by atoms with Crippen molar-refractivity contribution < 1.29 is 32.2 Å². The zero-order valence-electron chi connectivity index (χ0n) is 15.7. The summed E-state index contributed by atoms with van der Waals surface area (Å²) in [6.45, 7) is 1.32. The summed E-state index contributed by atoms with van der Waals surface area (Å²) in [5.74, 6) is -0.890. The summed E-state index contributed by atoms with van der Waals surface area (Å²) in [6, 6.07) is 4.83. The first kappa shape index (κ1) is 20.6. The van der Waals surface area contributed by atoms with Gasteiger partial charge in [0.05, 0.1) is 12.2 Å². The maximum absolute atomic E-state index is 12.7. The van der Waals surface area contributed by atoms with Gasteiger partial charge < -0.3 is 14.4 Å².